The van der Waals surface area contributed by atoms with Gasteiger partial charge in [-0.3, -0.25) is 4.79 Å². The Kier molecular flexibility index (Phi) is 70.0. The van der Waals surface area contributed by atoms with E-state index in [-0.39, 0.29) is 0 Å². The van der Waals surface area contributed by atoms with Gasteiger partial charge in [0.15, 0.2) is 0 Å². The van der Waals surface area contributed by atoms with Gasteiger partial charge in [-0.2, -0.15) is 0 Å². The molecule has 0 aliphatic heterocycles. The number of amides is 1. The molecular formula is C77H149NO5. The van der Waals surface area contributed by atoms with E-state index < -0.39 is 36.9 Å². The highest BCUT2D eigenvalue weighted by molar-refractivity contribution is 5.80. The van der Waals surface area contributed by atoms with E-state index in [4.69, 9.17) is 0 Å². The number of aliphatic hydroxyl groups excluding tert-OH is 4. The Balaban J connectivity index is 3.56. The van der Waals surface area contributed by atoms with E-state index in [1.807, 2.05) is 0 Å². The first-order chi connectivity index (χ1) is 41.0. The maximum Gasteiger partial charge on any atom is 0.249 e. The molecule has 492 valence electrons. The van der Waals surface area contributed by atoms with Crippen molar-refractivity contribution in [3.8, 4) is 0 Å². The largest absolute Gasteiger partial charge is 0.394 e. The molecule has 0 bridgehead atoms. The van der Waals surface area contributed by atoms with E-state index in [0.717, 1.165) is 51.4 Å². The van der Waals surface area contributed by atoms with Gasteiger partial charge in [-0.1, -0.05) is 391 Å². The molecule has 0 saturated heterocycles. The predicted octanol–water partition coefficient (Wildman–Crippen LogP) is 23.8. The van der Waals surface area contributed by atoms with Crippen LogP contribution in [-0.2, 0) is 4.79 Å². The van der Waals surface area contributed by atoms with Gasteiger partial charge in [0.1, 0.15) is 12.2 Å². The Morgan fingerprint density at radius 2 is 0.506 bits per heavy atom. The minimum absolute atomic E-state index is 0.363. The van der Waals surface area contributed by atoms with Crippen molar-refractivity contribution in [2.75, 3.05) is 6.61 Å². The predicted molar refractivity (Wildman–Crippen MR) is 367 cm³/mol. The second-order valence-corrected chi connectivity index (χ2v) is 26.3. The zero-order chi connectivity index (χ0) is 60.1. The van der Waals surface area contributed by atoms with E-state index in [1.54, 1.807) is 0 Å². The Morgan fingerprint density at radius 3 is 0.759 bits per heavy atom. The summed E-state index contributed by atoms with van der Waals surface area (Å²) in [5.41, 5.74) is 0. The van der Waals surface area contributed by atoms with Crippen LogP contribution in [0.25, 0.3) is 0 Å². The molecule has 0 aliphatic carbocycles. The minimum atomic E-state index is -1.29. The number of rotatable bonds is 71. The molecule has 0 aromatic rings. The van der Waals surface area contributed by atoms with Crippen molar-refractivity contribution in [2.24, 2.45) is 0 Å². The average molecular weight is 1170 g/mol. The highest BCUT2D eigenvalue weighted by Gasteiger charge is 2.28. The van der Waals surface area contributed by atoms with E-state index in [9.17, 15) is 25.2 Å². The number of hydrogen-bond donors (Lipinski definition) is 5. The van der Waals surface area contributed by atoms with E-state index in [1.165, 1.54) is 334 Å². The molecule has 0 fully saturated rings. The van der Waals surface area contributed by atoms with Crippen LogP contribution >= 0.6 is 0 Å². The molecule has 0 aromatic heterocycles. The number of aliphatic hydroxyl groups is 4. The third kappa shape index (κ3) is 64.8. The molecule has 0 aromatic carbocycles. The molecule has 5 N–H and O–H groups in total. The van der Waals surface area contributed by atoms with Crippen molar-refractivity contribution in [1.29, 1.82) is 0 Å². The summed E-state index contributed by atoms with van der Waals surface area (Å²) in [5.74, 6) is -0.592. The first-order valence-electron chi connectivity index (χ1n) is 37.9. The summed E-state index contributed by atoms with van der Waals surface area (Å²) in [7, 11) is 0. The van der Waals surface area contributed by atoms with Crippen molar-refractivity contribution in [2.45, 2.75) is 443 Å². The highest BCUT2D eigenvalue weighted by atomic mass is 16.3. The fourth-order valence-electron chi connectivity index (χ4n) is 12.2. The Bertz CT molecular complexity index is 1320. The van der Waals surface area contributed by atoms with E-state index in [0.29, 0.717) is 19.3 Å². The molecule has 0 radical (unpaired) electrons. The monoisotopic (exact) mass is 1170 g/mol. The Labute approximate surface area is 519 Å². The molecule has 0 aliphatic rings. The fourth-order valence-corrected chi connectivity index (χ4v) is 12.2. The van der Waals surface area contributed by atoms with Crippen molar-refractivity contribution >= 4 is 5.91 Å². The summed E-state index contributed by atoms with van der Waals surface area (Å²) in [5, 5.41) is 44.2. The Morgan fingerprint density at radius 1 is 0.289 bits per heavy atom. The van der Waals surface area contributed by atoms with Crippen LogP contribution in [0.5, 0.6) is 0 Å². The lowest BCUT2D eigenvalue weighted by atomic mass is 10.00. The van der Waals surface area contributed by atoms with Crippen LogP contribution in [-0.4, -0.2) is 57.3 Å². The van der Waals surface area contributed by atoms with Crippen molar-refractivity contribution in [3.63, 3.8) is 0 Å². The summed E-state index contributed by atoms with van der Waals surface area (Å²) in [6, 6.07) is -1.01. The van der Waals surface area contributed by atoms with Crippen LogP contribution in [0.4, 0.5) is 0 Å². The standard InChI is InChI=1S/C77H149NO5/c1-3-5-7-9-11-13-15-17-19-21-23-25-27-29-31-33-35-36-37-38-39-41-43-45-47-49-51-53-55-57-59-61-63-65-67-69-71-75(81)77(83)78-73(72-79)76(82)74(80)70-68-66-64-62-60-58-56-54-52-50-48-46-44-42-40-34-32-30-28-26-24-22-20-18-16-14-12-10-8-6-4-2/h46,48,54,56,62,64,73-76,79-82H,3-45,47,49-53,55,57-61,63,65-72H2,1-2H3,(H,78,83)/b48-46+,56-54+,64-62+. The van der Waals surface area contributed by atoms with Crippen LogP contribution in [0.1, 0.15) is 418 Å². The van der Waals surface area contributed by atoms with Gasteiger partial charge in [-0.05, 0) is 64.2 Å². The minimum Gasteiger partial charge on any atom is -0.394 e. The van der Waals surface area contributed by atoms with Crippen molar-refractivity contribution < 1.29 is 25.2 Å². The number of nitrogens with one attached hydrogen (secondary N) is 1. The molecule has 1 amide bonds. The molecule has 4 unspecified atom stereocenters. The molecular weight excluding hydrogens is 1020 g/mol. The first kappa shape index (κ1) is 81.5. The molecule has 0 spiro atoms. The lowest BCUT2D eigenvalue weighted by Gasteiger charge is -2.27. The molecule has 0 saturated carbocycles. The summed E-state index contributed by atoms with van der Waals surface area (Å²) < 4.78 is 0. The zero-order valence-electron chi connectivity index (χ0n) is 56.2. The number of carbonyl (C=O) groups excluding carboxylic acids is 1. The van der Waals surface area contributed by atoms with Crippen molar-refractivity contribution in [1.82, 2.24) is 5.32 Å². The molecule has 0 heterocycles. The average Bonchev–Trinajstić information content (AvgIpc) is 3.53. The van der Waals surface area contributed by atoms with Gasteiger partial charge in [0.05, 0.1) is 18.8 Å². The molecule has 0 rings (SSSR count). The molecule has 4 atom stereocenters. The van der Waals surface area contributed by atoms with Gasteiger partial charge in [0.2, 0.25) is 5.91 Å². The van der Waals surface area contributed by atoms with Crippen molar-refractivity contribution in [3.05, 3.63) is 36.5 Å². The smallest absolute Gasteiger partial charge is 0.249 e. The number of unbranched alkanes of at least 4 members (excludes halogenated alkanes) is 56. The highest BCUT2D eigenvalue weighted by Crippen LogP contribution is 2.20. The van der Waals surface area contributed by atoms with Gasteiger partial charge in [0.25, 0.3) is 0 Å². The topological polar surface area (TPSA) is 110 Å². The maximum atomic E-state index is 12.7. The third-order valence-electron chi connectivity index (χ3n) is 18.1. The normalized spacial score (nSPS) is 13.6. The van der Waals surface area contributed by atoms with Crippen LogP contribution in [0.15, 0.2) is 36.5 Å². The SMILES string of the molecule is CCCCCCCCCCCCCCCCCCCC/C=C/CC/C=C/CC/C=C/CCCC(O)C(O)C(CO)NC(=O)C(O)CCCCCCCCCCCCCCCCCCCCCCCCCCCCCCCCCCCCCC. The van der Waals surface area contributed by atoms with Crippen LogP contribution in [0.2, 0.25) is 0 Å². The number of allylic oxidation sites excluding steroid dienone is 6. The first-order valence-corrected chi connectivity index (χ1v) is 37.9. The fraction of sp³-hybridized carbons (Fsp3) is 0.909. The molecule has 6 heteroatoms. The van der Waals surface area contributed by atoms with Gasteiger partial charge in [0, 0.05) is 0 Å². The molecule has 6 nitrogen and oxygen atoms in total. The number of carbonyl (C=O) groups is 1. The van der Waals surface area contributed by atoms with Gasteiger partial charge < -0.3 is 25.7 Å². The zero-order valence-corrected chi connectivity index (χ0v) is 56.2. The van der Waals surface area contributed by atoms with Crippen LogP contribution in [0, 0.1) is 0 Å². The Hall–Kier alpha value is -1.47. The summed E-state index contributed by atoms with van der Waals surface area (Å²) in [6.07, 6.45) is 93.1. The van der Waals surface area contributed by atoms with E-state index >= 15 is 0 Å². The summed E-state index contributed by atoms with van der Waals surface area (Å²) >= 11 is 0. The summed E-state index contributed by atoms with van der Waals surface area (Å²) in [4.78, 5) is 12.7. The van der Waals surface area contributed by atoms with Gasteiger partial charge in [-0.15, -0.1) is 0 Å². The van der Waals surface area contributed by atoms with E-state index in [2.05, 4.69) is 55.6 Å². The molecule has 83 heavy (non-hydrogen) atoms. The lowest BCUT2D eigenvalue weighted by Crippen LogP contribution is -2.53. The third-order valence-corrected chi connectivity index (χ3v) is 18.1. The quantitative estimate of drug-likeness (QED) is 0.0308. The summed E-state index contributed by atoms with van der Waals surface area (Å²) in [6.45, 7) is 4.10. The maximum absolute atomic E-state index is 12.7. The lowest BCUT2D eigenvalue weighted by molar-refractivity contribution is -0.132. The van der Waals surface area contributed by atoms with Crippen LogP contribution in [0.3, 0.4) is 0 Å². The van der Waals surface area contributed by atoms with Gasteiger partial charge >= 0.3 is 0 Å². The van der Waals surface area contributed by atoms with Gasteiger partial charge in [-0.25, -0.2) is 0 Å². The second kappa shape index (κ2) is 71.3. The second-order valence-electron chi connectivity index (χ2n) is 26.3. The van der Waals surface area contributed by atoms with Crippen LogP contribution < -0.4 is 5.32 Å². The number of hydrogen-bond acceptors (Lipinski definition) is 5.